The minimum atomic E-state index is -0.427. The molecular weight excluding hydrogens is 809 g/mol. The number of amidine groups is 1. The number of nitrogens with two attached hydrogens (primary N) is 1. The smallest absolute Gasteiger partial charge is 0.131 e. The zero-order chi connectivity index (χ0) is 46.4. The fraction of sp³-hybridized carbons (Fsp3) is 0.0615. The highest BCUT2D eigenvalue weighted by Crippen LogP contribution is 2.58. The Kier molecular flexibility index (Phi) is 14.6. The molecule has 2 nitrogen and oxygen atoms in total. The molecule has 2 heteroatoms. The van der Waals surface area contributed by atoms with Crippen molar-refractivity contribution in [2.45, 2.75) is 25.7 Å². The van der Waals surface area contributed by atoms with Crippen LogP contribution in [-0.4, -0.2) is 5.84 Å². The van der Waals surface area contributed by atoms with Gasteiger partial charge in [0.05, 0.1) is 11.1 Å². The van der Waals surface area contributed by atoms with Crippen LogP contribution in [0.25, 0.3) is 50.2 Å². The summed E-state index contributed by atoms with van der Waals surface area (Å²) in [6.45, 7) is 10.5. The average Bonchev–Trinajstić information content (AvgIpc) is 3.70. The van der Waals surface area contributed by atoms with Crippen LogP contribution in [0.3, 0.4) is 0 Å². The van der Waals surface area contributed by atoms with E-state index in [0.29, 0.717) is 12.3 Å². The lowest BCUT2D eigenvalue weighted by Gasteiger charge is -2.34. The Morgan fingerprint density at radius 1 is 0.448 bits per heavy atom. The van der Waals surface area contributed by atoms with Crippen molar-refractivity contribution in [3.8, 4) is 44.5 Å². The molecule has 0 fully saturated rings. The molecule has 67 heavy (non-hydrogen) atoms. The molecule has 0 aliphatic heterocycles. The van der Waals surface area contributed by atoms with Crippen molar-refractivity contribution in [3.63, 3.8) is 0 Å². The van der Waals surface area contributed by atoms with Gasteiger partial charge in [-0.2, -0.15) is 0 Å². The van der Waals surface area contributed by atoms with Crippen molar-refractivity contribution in [2.24, 2.45) is 10.7 Å². The highest BCUT2D eigenvalue weighted by Gasteiger charge is 2.46. The van der Waals surface area contributed by atoms with Gasteiger partial charge >= 0.3 is 0 Å². The fourth-order valence-corrected chi connectivity index (χ4v) is 9.16. The topological polar surface area (TPSA) is 38.4 Å². The van der Waals surface area contributed by atoms with E-state index in [1.54, 1.807) is 12.2 Å². The van der Waals surface area contributed by atoms with Gasteiger partial charge in [-0.1, -0.05) is 255 Å². The van der Waals surface area contributed by atoms with E-state index in [1.807, 2.05) is 50.2 Å². The number of hydrogen-bond donors (Lipinski definition) is 1. The van der Waals surface area contributed by atoms with Crippen LogP contribution >= 0.6 is 0 Å². The van der Waals surface area contributed by atoms with Crippen LogP contribution in [0.4, 0.5) is 0 Å². The molecule has 9 aromatic carbocycles. The van der Waals surface area contributed by atoms with Crippen molar-refractivity contribution >= 4 is 11.5 Å². The molecule has 0 spiro atoms. The number of fused-ring (bicyclic) bond motifs is 3. The van der Waals surface area contributed by atoms with Gasteiger partial charge < -0.3 is 5.73 Å². The van der Waals surface area contributed by atoms with Gasteiger partial charge in [0, 0.05) is 5.56 Å². The van der Waals surface area contributed by atoms with Gasteiger partial charge in [0.15, 0.2) is 0 Å². The fourth-order valence-electron chi connectivity index (χ4n) is 9.16. The van der Waals surface area contributed by atoms with Crippen LogP contribution in [0, 0.1) is 0 Å². The Morgan fingerprint density at radius 3 is 1.52 bits per heavy atom. The summed E-state index contributed by atoms with van der Waals surface area (Å²) in [6.07, 6.45) is 6.39. The van der Waals surface area contributed by atoms with Crippen molar-refractivity contribution in [3.05, 3.63) is 307 Å². The van der Waals surface area contributed by atoms with Crippen LogP contribution < -0.4 is 5.73 Å². The lowest BCUT2D eigenvalue weighted by molar-refractivity contribution is 0.768. The summed E-state index contributed by atoms with van der Waals surface area (Å²) < 4.78 is 0. The molecular formula is C65H56N2. The second-order valence-electron chi connectivity index (χ2n) is 16.4. The second kappa shape index (κ2) is 21.6. The van der Waals surface area contributed by atoms with Gasteiger partial charge in [-0.3, -0.25) is 0 Å². The predicted molar refractivity (Wildman–Crippen MR) is 287 cm³/mol. The second-order valence-corrected chi connectivity index (χ2v) is 16.4. The molecule has 0 bridgehead atoms. The molecule has 0 aromatic heterocycles. The number of rotatable bonds is 10. The molecule has 1 aliphatic carbocycles. The van der Waals surface area contributed by atoms with Crippen LogP contribution in [0.15, 0.2) is 273 Å². The number of allylic oxidation sites excluding steroid dienone is 3. The Balaban J connectivity index is 0.000000964. The largest absolute Gasteiger partial charge is 0.383 e. The number of hydrogen-bond acceptors (Lipinski definition) is 1. The maximum absolute atomic E-state index is 6.61. The van der Waals surface area contributed by atoms with Gasteiger partial charge in [-0.05, 0) is 98.2 Å². The number of benzene rings is 9. The lowest BCUT2D eigenvalue weighted by atomic mass is 9.67. The highest BCUT2D eigenvalue weighted by atomic mass is 14.9. The van der Waals surface area contributed by atoms with Gasteiger partial charge in [0.25, 0.3) is 0 Å². The van der Waals surface area contributed by atoms with E-state index in [1.165, 1.54) is 66.8 Å². The summed E-state index contributed by atoms with van der Waals surface area (Å²) >= 11 is 0. The quantitative estimate of drug-likeness (QED) is 0.0830. The average molecular weight is 865 g/mol. The first-order valence-electron chi connectivity index (χ1n) is 22.9. The Morgan fingerprint density at radius 2 is 0.896 bits per heavy atom. The summed E-state index contributed by atoms with van der Waals surface area (Å²) in [7, 11) is 0. The van der Waals surface area contributed by atoms with Crippen molar-refractivity contribution < 1.29 is 0 Å². The minimum absolute atomic E-state index is 0.427. The van der Waals surface area contributed by atoms with Gasteiger partial charge in [0.2, 0.25) is 0 Å². The first kappa shape index (κ1) is 45.2. The highest BCUT2D eigenvalue weighted by molar-refractivity contribution is 6.00. The third kappa shape index (κ3) is 9.71. The molecule has 0 heterocycles. The molecule has 2 N–H and O–H groups in total. The van der Waals surface area contributed by atoms with Crippen LogP contribution in [-0.2, 0) is 11.8 Å². The van der Waals surface area contributed by atoms with Crippen molar-refractivity contribution in [1.82, 2.24) is 0 Å². The molecule has 1 aliphatic rings. The van der Waals surface area contributed by atoms with E-state index in [4.69, 9.17) is 10.7 Å². The molecule has 10 rings (SSSR count). The minimum Gasteiger partial charge on any atom is -0.383 e. The first-order valence-corrected chi connectivity index (χ1v) is 22.9. The number of nitrogens with zero attached hydrogens (tertiary/aromatic N) is 1. The molecule has 0 saturated carbocycles. The van der Waals surface area contributed by atoms with E-state index in [9.17, 15) is 0 Å². The maximum Gasteiger partial charge on any atom is 0.131 e. The Labute approximate surface area is 397 Å². The zero-order valence-corrected chi connectivity index (χ0v) is 38.4. The lowest BCUT2D eigenvalue weighted by Crippen LogP contribution is -2.28. The van der Waals surface area contributed by atoms with E-state index >= 15 is 0 Å². The van der Waals surface area contributed by atoms with Gasteiger partial charge in [-0.25, -0.2) is 4.99 Å². The Hall–Kier alpha value is -8.33. The third-order valence-corrected chi connectivity index (χ3v) is 12.1. The summed E-state index contributed by atoms with van der Waals surface area (Å²) in [5.41, 5.74) is 25.0. The standard InChI is InChI=1S/C59H44N2.2C3H6/c60-58(48-20-7-2-8-21-48)61-56(47-38-34-44(35-39-47)43-18-5-1-6-19-43)40-31-42-17-15-22-49(41-42)45-32-36-46(37-33-45)52-28-16-30-55-57(52)53-27-13-14-29-54(53)59(55,50-23-9-3-10-24-50)51-25-11-4-12-26-51;2*1-3-2/h1-30,32-41H,31H2,(H2,60,61);2*3H,1H2,2H3/b56-40-;;. The summed E-state index contributed by atoms with van der Waals surface area (Å²) in [6, 6.07) is 84.7. The summed E-state index contributed by atoms with van der Waals surface area (Å²) in [4.78, 5) is 4.99. The molecule has 326 valence electrons. The number of aliphatic imine (C=N–C) groups is 1. The molecule has 0 unspecified atom stereocenters. The molecule has 9 aromatic rings. The van der Waals surface area contributed by atoms with Crippen molar-refractivity contribution in [1.29, 1.82) is 0 Å². The SMILES string of the molecule is C=CC.C=CC.NC(=N/C(=C\Cc1cccc(-c2ccc(-c3cccc4c3-c3ccccc3C4(c3ccccc3)c3ccccc3)cc2)c1)c1ccc(-c2ccccc2)cc1)c1ccccc1. The van der Waals surface area contributed by atoms with Crippen LogP contribution in [0.5, 0.6) is 0 Å². The molecule has 0 radical (unpaired) electrons. The van der Waals surface area contributed by atoms with Crippen LogP contribution in [0.2, 0.25) is 0 Å². The first-order chi connectivity index (χ1) is 33.0. The monoisotopic (exact) mass is 864 g/mol. The maximum atomic E-state index is 6.61. The predicted octanol–water partition coefficient (Wildman–Crippen LogP) is 16.4. The van der Waals surface area contributed by atoms with E-state index in [0.717, 1.165) is 22.4 Å². The zero-order valence-electron chi connectivity index (χ0n) is 38.4. The third-order valence-electron chi connectivity index (χ3n) is 12.1. The summed E-state index contributed by atoms with van der Waals surface area (Å²) in [5, 5.41) is 0. The van der Waals surface area contributed by atoms with Gasteiger partial charge in [0.1, 0.15) is 5.84 Å². The van der Waals surface area contributed by atoms with Crippen LogP contribution in [0.1, 0.15) is 52.8 Å². The molecule has 0 atom stereocenters. The van der Waals surface area contributed by atoms with E-state index in [2.05, 4.69) is 219 Å². The normalized spacial score (nSPS) is 12.3. The molecule has 0 amide bonds. The van der Waals surface area contributed by atoms with Crippen molar-refractivity contribution in [2.75, 3.05) is 0 Å². The molecule has 0 saturated heterocycles. The van der Waals surface area contributed by atoms with E-state index < -0.39 is 5.41 Å². The Bertz CT molecular complexity index is 3060. The van der Waals surface area contributed by atoms with E-state index in [-0.39, 0.29) is 0 Å². The van der Waals surface area contributed by atoms with Gasteiger partial charge in [-0.15, -0.1) is 13.2 Å². The summed E-state index contributed by atoms with van der Waals surface area (Å²) in [5.74, 6) is 0.492.